The minimum absolute atomic E-state index is 0.0465. The lowest BCUT2D eigenvalue weighted by Crippen LogP contribution is -2.36. The second-order valence-corrected chi connectivity index (χ2v) is 6.53. The van der Waals surface area contributed by atoms with Gasteiger partial charge in [0.05, 0.1) is 5.75 Å². The fourth-order valence-electron chi connectivity index (χ4n) is 2.51. The predicted molar refractivity (Wildman–Crippen MR) is 89.8 cm³/mol. The van der Waals surface area contributed by atoms with Crippen molar-refractivity contribution >= 4 is 29.1 Å². The molecule has 0 bridgehead atoms. The number of aromatic amines is 1. The molecular weight excluding hydrogens is 346 g/mol. The zero-order valence-corrected chi connectivity index (χ0v) is 13.7. The minimum atomic E-state index is -0.769. The zero-order valence-electron chi connectivity index (χ0n) is 12.9. The number of Topliss-reactive ketones (excluding diaryl/α,β-unsaturated/α-hetero) is 1. The summed E-state index contributed by atoms with van der Waals surface area (Å²) in [7, 11) is 0. The maximum Gasteiger partial charge on any atom is 0.330 e. The van der Waals surface area contributed by atoms with Crippen LogP contribution in [0.1, 0.15) is 29.2 Å². The third-order valence-corrected chi connectivity index (χ3v) is 4.64. The number of H-pyrrole nitrogens is 1. The molecular formula is C14H13N7O3S. The van der Waals surface area contributed by atoms with Crippen LogP contribution >= 0.6 is 11.8 Å². The number of aromatic nitrogens is 6. The molecule has 0 spiro atoms. The van der Waals surface area contributed by atoms with Crippen LogP contribution < -0.4 is 17.0 Å². The number of nitrogens with one attached hydrogen (secondary N) is 1. The lowest BCUT2D eigenvalue weighted by molar-refractivity contribution is 0.102. The first kappa shape index (κ1) is 15.6. The van der Waals surface area contributed by atoms with Crippen LogP contribution in [0.25, 0.3) is 5.78 Å². The highest BCUT2D eigenvalue weighted by Gasteiger charge is 2.30. The van der Waals surface area contributed by atoms with Crippen LogP contribution in [0.5, 0.6) is 0 Å². The van der Waals surface area contributed by atoms with Crippen LogP contribution in [0, 0.1) is 0 Å². The van der Waals surface area contributed by atoms with Gasteiger partial charge in [-0.05, 0) is 18.9 Å². The molecule has 25 heavy (non-hydrogen) atoms. The average molecular weight is 359 g/mol. The third-order valence-electron chi connectivity index (χ3n) is 3.80. The number of hydrogen-bond donors (Lipinski definition) is 2. The Morgan fingerprint density at radius 3 is 2.92 bits per heavy atom. The van der Waals surface area contributed by atoms with Gasteiger partial charge in [-0.2, -0.15) is 4.98 Å². The number of nitrogens with zero attached hydrogens (tertiary/aromatic N) is 5. The summed E-state index contributed by atoms with van der Waals surface area (Å²) in [5.74, 6) is -0.221. The second-order valence-electron chi connectivity index (χ2n) is 5.59. The van der Waals surface area contributed by atoms with Gasteiger partial charge in [-0.3, -0.25) is 19.1 Å². The number of rotatable bonds is 5. The van der Waals surface area contributed by atoms with Crippen LogP contribution in [0.3, 0.4) is 0 Å². The fraction of sp³-hybridized carbons (Fsp3) is 0.286. The summed E-state index contributed by atoms with van der Waals surface area (Å²) in [5, 5.41) is 4.53. The molecule has 11 heteroatoms. The molecule has 1 saturated carbocycles. The van der Waals surface area contributed by atoms with Crippen molar-refractivity contribution in [2.75, 3.05) is 11.5 Å². The minimum Gasteiger partial charge on any atom is -0.384 e. The lowest BCUT2D eigenvalue weighted by Gasteiger charge is -2.10. The van der Waals surface area contributed by atoms with Crippen molar-refractivity contribution in [1.82, 2.24) is 29.1 Å². The Balaban J connectivity index is 1.60. The van der Waals surface area contributed by atoms with Crippen molar-refractivity contribution in [3.8, 4) is 0 Å². The molecule has 4 rings (SSSR count). The van der Waals surface area contributed by atoms with Crippen molar-refractivity contribution in [3.05, 3.63) is 44.9 Å². The first-order valence-corrected chi connectivity index (χ1v) is 8.51. The second kappa shape index (κ2) is 5.84. The molecule has 1 fully saturated rings. The number of carbonyl (C=O) groups excluding carboxylic acids is 1. The fourth-order valence-corrected chi connectivity index (χ4v) is 3.20. The normalized spacial score (nSPS) is 14.1. The molecule has 128 valence electrons. The molecule has 1 aliphatic carbocycles. The van der Waals surface area contributed by atoms with Crippen molar-refractivity contribution in [2.24, 2.45) is 0 Å². The van der Waals surface area contributed by atoms with Gasteiger partial charge < -0.3 is 5.73 Å². The van der Waals surface area contributed by atoms with Gasteiger partial charge in [0.15, 0.2) is 5.78 Å². The van der Waals surface area contributed by atoms with E-state index in [1.807, 2.05) is 0 Å². The number of carbonyl (C=O) groups is 1. The van der Waals surface area contributed by atoms with Crippen molar-refractivity contribution in [1.29, 1.82) is 0 Å². The molecule has 0 aromatic carbocycles. The third kappa shape index (κ3) is 2.82. The van der Waals surface area contributed by atoms with Crippen molar-refractivity contribution < 1.29 is 4.79 Å². The van der Waals surface area contributed by atoms with E-state index in [1.165, 1.54) is 9.08 Å². The van der Waals surface area contributed by atoms with E-state index in [-0.39, 0.29) is 23.2 Å². The van der Waals surface area contributed by atoms with Gasteiger partial charge >= 0.3 is 5.69 Å². The molecule has 0 atom stereocenters. The highest BCUT2D eigenvalue weighted by atomic mass is 32.2. The molecule has 10 nitrogen and oxygen atoms in total. The van der Waals surface area contributed by atoms with Gasteiger partial charge in [0.1, 0.15) is 11.4 Å². The van der Waals surface area contributed by atoms with Gasteiger partial charge in [-0.25, -0.2) is 14.3 Å². The van der Waals surface area contributed by atoms with Crippen LogP contribution in [-0.2, 0) is 0 Å². The van der Waals surface area contributed by atoms with Gasteiger partial charge in [-0.15, -0.1) is 5.10 Å². The average Bonchev–Trinajstić information content (AvgIpc) is 3.30. The monoisotopic (exact) mass is 359 g/mol. The lowest BCUT2D eigenvalue weighted by atomic mass is 10.2. The van der Waals surface area contributed by atoms with Crippen LogP contribution in [0.15, 0.2) is 33.2 Å². The number of anilines is 1. The summed E-state index contributed by atoms with van der Waals surface area (Å²) < 4.78 is 2.77. The van der Waals surface area contributed by atoms with E-state index >= 15 is 0 Å². The van der Waals surface area contributed by atoms with Crippen molar-refractivity contribution in [2.45, 2.75) is 24.0 Å². The Kier molecular flexibility index (Phi) is 3.64. The Hall–Kier alpha value is -2.95. The maximum absolute atomic E-state index is 12.5. The van der Waals surface area contributed by atoms with Crippen LogP contribution in [0.4, 0.5) is 5.82 Å². The number of ketones is 1. The first-order chi connectivity index (χ1) is 12.0. The Morgan fingerprint density at radius 2 is 2.20 bits per heavy atom. The molecule has 0 saturated heterocycles. The van der Waals surface area contributed by atoms with Gasteiger partial charge in [0, 0.05) is 18.4 Å². The molecule has 3 aromatic rings. The van der Waals surface area contributed by atoms with Gasteiger partial charge in [0.25, 0.3) is 11.3 Å². The molecule has 0 aliphatic heterocycles. The summed E-state index contributed by atoms with van der Waals surface area (Å²) in [6.45, 7) is 0. The number of hydrogen-bond acceptors (Lipinski definition) is 8. The Morgan fingerprint density at radius 1 is 1.40 bits per heavy atom. The Labute approximate surface area is 144 Å². The molecule has 1 aliphatic rings. The Bertz CT molecular complexity index is 1060. The topological polar surface area (TPSA) is 141 Å². The maximum atomic E-state index is 12.5. The number of fused-ring (bicyclic) bond motifs is 1. The van der Waals surface area contributed by atoms with E-state index in [4.69, 9.17) is 5.73 Å². The van der Waals surface area contributed by atoms with Crippen LogP contribution in [0.2, 0.25) is 0 Å². The number of thioether (sulfide) groups is 1. The molecule has 3 aromatic heterocycles. The SMILES string of the molecule is Nc1c(C(=O)CSc2nc3ncccn3n2)c(=O)[nH]c(=O)n1C1CC1. The van der Waals surface area contributed by atoms with E-state index < -0.39 is 17.0 Å². The molecule has 0 unspecified atom stereocenters. The zero-order chi connectivity index (χ0) is 17.6. The quantitative estimate of drug-likeness (QED) is 0.474. The predicted octanol–water partition coefficient (Wildman–Crippen LogP) is -0.134. The largest absolute Gasteiger partial charge is 0.384 e. The molecule has 0 radical (unpaired) electrons. The number of nitrogen functional groups attached to an aromatic ring is 1. The van der Waals surface area contributed by atoms with Gasteiger partial charge in [-0.1, -0.05) is 11.8 Å². The van der Waals surface area contributed by atoms with Gasteiger partial charge in [0.2, 0.25) is 5.16 Å². The summed E-state index contributed by atoms with van der Waals surface area (Å²) in [4.78, 5) is 46.7. The summed E-state index contributed by atoms with van der Waals surface area (Å²) in [6.07, 6.45) is 4.88. The standard InChI is InChI=1S/C14H13N7O3S/c15-10-9(11(23)17-14(24)21(10)7-2-3-7)8(22)6-25-13-18-12-16-4-1-5-20(12)19-13/h1,4-5,7H,2-3,6,15H2,(H,17,23,24). The highest BCUT2D eigenvalue weighted by molar-refractivity contribution is 7.99. The van der Waals surface area contributed by atoms with Crippen molar-refractivity contribution in [3.63, 3.8) is 0 Å². The van der Waals surface area contributed by atoms with E-state index in [2.05, 4.69) is 20.1 Å². The first-order valence-electron chi connectivity index (χ1n) is 7.52. The van der Waals surface area contributed by atoms with E-state index in [9.17, 15) is 14.4 Å². The summed E-state index contributed by atoms with van der Waals surface area (Å²) in [6, 6.07) is 1.66. The van der Waals surface area contributed by atoms with Crippen LogP contribution in [-0.4, -0.2) is 40.7 Å². The molecule has 0 amide bonds. The summed E-state index contributed by atoms with van der Waals surface area (Å²) in [5.41, 5.74) is 4.38. The van der Waals surface area contributed by atoms with E-state index in [1.54, 1.807) is 18.5 Å². The van der Waals surface area contributed by atoms with E-state index in [0.29, 0.717) is 10.9 Å². The number of nitrogens with two attached hydrogens (primary N) is 1. The molecule has 3 heterocycles. The smallest absolute Gasteiger partial charge is 0.330 e. The van der Waals surface area contributed by atoms with E-state index in [0.717, 1.165) is 24.6 Å². The highest BCUT2D eigenvalue weighted by Crippen LogP contribution is 2.35. The summed E-state index contributed by atoms with van der Waals surface area (Å²) >= 11 is 1.07. The molecule has 3 N–H and O–H groups in total.